The van der Waals surface area contributed by atoms with E-state index in [1.807, 2.05) is 0 Å². The third kappa shape index (κ3) is 51.4. The molecule has 0 N–H and O–H groups in total. The summed E-state index contributed by atoms with van der Waals surface area (Å²) >= 11 is 0. The Labute approximate surface area is 401 Å². The van der Waals surface area contributed by atoms with Crippen molar-refractivity contribution in [3.63, 3.8) is 0 Å². The molecule has 6 nitrogen and oxygen atoms in total. The van der Waals surface area contributed by atoms with Gasteiger partial charge in [0.2, 0.25) is 0 Å². The van der Waals surface area contributed by atoms with Crippen LogP contribution < -0.4 is 0 Å². The second-order valence-corrected chi connectivity index (χ2v) is 17.9. The minimum atomic E-state index is -0.798. The molecule has 0 heterocycles. The fraction of sp³-hybridized carbons (Fsp3) is 0.712. The van der Waals surface area contributed by atoms with Gasteiger partial charge < -0.3 is 14.2 Å². The standard InChI is InChI=1S/C59H100O6/c1-4-7-10-13-16-19-22-24-26-28-30-32-34-37-40-43-46-49-52-58(61)64-55-56(54-63-57(60)51-48-45-42-39-36-21-18-15-12-9-6-3)65-59(62)53-50-47-44-41-38-35-33-31-29-27-25-23-20-17-14-11-8-5-2/h15-16,18-19,22,24,26-33,56H,4-14,17,20-21,23,25,34-55H2,1-3H3/b18-15-,19-16-,24-22-,28-26-,29-27-,32-30-,33-31-. The molecule has 1 unspecified atom stereocenters. The van der Waals surface area contributed by atoms with Crippen LogP contribution in [0.5, 0.6) is 0 Å². The quantitative estimate of drug-likeness (QED) is 0.0199. The molecule has 0 fully saturated rings. The van der Waals surface area contributed by atoms with Gasteiger partial charge in [-0.15, -0.1) is 0 Å². The molecule has 1 atom stereocenters. The summed E-state index contributed by atoms with van der Waals surface area (Å²) in [6, 6.07) is 0. The van der Waals surface area contributed by atoms with E-state index in [4.69, 9.17) is 14.2 Å². The van der Waals surface area contributed by atoms with Gasteiger partial charge >= 0.3 is 17.9 Å². The highest BCUT2D eigenvalue weighted by Gasteiger charge is 2.19. The number of allylic oxidation sites excluding steroid dienone is 14. The molecule has 372 valence electrons. The zero-order valence-electron chi connectivity index (χ0n) is 42.5. The Morgan fingerprint density at radius 1 is 0.308 bits per heavy atom. The molecule has 0 rings (SSSR count). The van der Waals surface area contributed by atoms with Crippen LogP contribution >= 0.6 is 0 Å². The SMILES string of the molecule is CCCC/C=C\CCCCCCCC(=O)OCC(COC(=O)CCCCCCC\C=C/C=C\C=C/C=C\CCCCC)OC(=O)CCCCCCC/C=C\C=C/CCCCCCCCC. The van der Waals surface area contributed by atoms with Crippen LogP contribution in [0.15, 0.2) is 85.1 Å². The lowest BCUT2D eigenvalue weighted by Crippen LogP contribution is -2.30. The van der Waals surface area contributed by atoms with Gasteiger partial charge in [0.15, 0.2) is 6.10 Å². The van der Waals surface area contributed by atoms with Crippen LogP contribution in [0.25, 0.3) is 0 Å². The average Bonchev–Trinajstić information content (AvgIpc) is 3.30. The first-order valence-corrected chi connectivity index (χ1v) is 27.2. The zero-order valence-corrected chi connectivity index (χ0v) is 42.5. The van der Waals surface area contributed by atoms with Crippen molar-refractivity contribution >= 4 is 17.9 Å². The molecular weight excluding hydrogens is 805 g/mol. The van der Waals surface area contributed by atoms with Crippen molar-refractivity contribution in [2.75, 3.05) is 13.2 Å². The Kier molecular flexibility index (Phi) is 50.4. The lowest BCUT2D eigenvalue weighted by molar-refractivity contribution is -0.167. The summed E-state index contributed by atoms with van der Waals surface area (Å²) in [5.74, 6) is -0.942. The molecule has 0 aliphatic carbocycles. The van der Waals surface area contributed by atoms with E-state index in [1.165, 1.54) is 96.3 Å². The summed E-state index contributed by atoms with van der Waals surface area (Å²) < 4.78 is 16.8. The Hall–Kier alpha value is -3.41. The number of rotatable bonds is 48. The fourth-order valence-corrected chi connectivity index (χ4v) is 7.31. The Bertz CT molecular complexity index is 1270. The number of carbonyl (C=O) groups is 3. The summed E-state index contributed by atoms with van der Waals surface area (Å²) in [4.78, 5) is 38.0. The Balaban J connectivity index is 4.45. The third-order valence-corrected chi connectivity index (χ3v) is 11.5. The van der Waals surface area contributed by atoms with Crippen LogP contribution in [0.4, 0.5) is 0 Å². The molecule has 0 aromatic heterocycles. The highest BCUT2D eigenvalue weighted by molar-refractivity contribution is 5.71. The van der Waals surface area contributed by atoms with Crippen molar-refractivity contribution in [1.82, 2.24) is 0 Å². The van der Waals surface area contributed by atoms with Gasteiger partial charge in [0.1, 0.15) is 13.2 Å². The van der Waals surface area contributed by atoms with Crippen LogP contribution in [-0.2, 0) is 28.6 Å². The monoisotopic (exact) mass is 905 g/mol. The summed E-state index contributed by atoms with van der Waals surface area (Å²) in [7, 11) is 0. The number of unbranched alkanes of at least 4 members (excludes halogenated alkanes) is 27. The second kappa shape index (κ2) is 53.2. The van der Waals surface area contributed by atoms with Gasteiger partial charge in [0.05, 0.1) is 0 Å². The van der Waals surface area contributed by atoms with Crippen LogP contribution in [0.1, 0.15) is 252 Å². The Morgan fingerprint density at radius 2 is 0.585 bits per heavy atom. The van der Waals surface area contributed by atoms with E-state index in [2.05, 4.69) is 106 Å². The van der Waals surface area contributed by atoms with Gasteiger partial charge in [-0.2, -0.15) is 0 Å². The van der Waals surface area contributed by atoms with Crippen molar-refractivity contribution in [1.29, 1.82) is 0 Å². The van der Waals surface area contributed by atoms with Gasteiger partial charge in [-0.05, 0) is 89.9 Å². The molecule has 0 saturated carbocycles. The molecule has 0 aliphatic heterocycles. The molecule has 0 aromatic carbocycles. The summed E-state index contributed by atoms with van der Waals surface area (Å²) in [5.41, 5.74) is 0. The minimum absolute atomic E-state index is 0.0957. The average molecular weight is 905 g/mol. The topological polar surface area (TPSA) is 78.9 Å². The van der Waals surface area contributed by atoms with Crippen molar-refractivity contribution in [3.05, 3.63) is 85.1 Å². The lowest BCUT2D eigenvalue weighted by Gasteiger charge is -2.18. The first-order valence-electron chi connectivity index (χ1n) is 27.2. The van der Waals surface area contributed by atoms with Crippen LogP contribution in [0.2, 0.25) is 0 Å². The van der Waals surface area contributed by atoms with Gasteiger partial charge in [0, 0.05) is 19.3 Å². The molecule has 0 bridgehead atoms. The molecule has 0 spiro atoms. The predicted octanol–water partition coefficient (Wildman–Crippen LogP) is 18.0. The summed E-state index contributed by atoms with van der Waals surface area (Å²) in [6.45, 7) is 6.52. The predicted molar refractivity (Wildman–Crippen MR) is 279 cm³/mol. The van der Waals surface area contributed by atoms with E-state index in [9.17, 15) is 14.4 Å². The minimum Gasteiger partial charge on any atom is -0.462 e. The van der Waals surface area contributed by atoms with Crippen LogP contribution in [0, 0.1) is 0 Å². The molecule has 0 amide bonds. The van der Waals surface area contributed by atoms with E-state index in [1.54, 1.807) is 0 Å². The zero-order chi connectivity index (χ0) is 47.2. The maximum Gasteiger partial charge on any atom is 0.306 e. The molecular formula is C59H100O6. The number of hydrogen-bond donors (Lipinski definition) is 0. The van der Waals surface area contributed by atoms with Gasteiger partial charge in [0.25, 0.3) is 0 Å². The molecule has 0 radical (unpaired) electrons. The van der Waals surface area contributed by atoms with Gasteiger partial charge in [-0.25, -0.2) is 0 Å². The smallest absolute Gasteiger partial charge is 0.306 e. The highest BCUT2D eigenvalue weighted by atomic mass is 16.6. The fourth-order valence-electron chi connectivity index (χ4n) is 7.31. The molecule has 65 heavy (non-hydrogen) atoms. The molecule has 0 aromatic rings. The molecule has 6 heteroatoms. The molecule has 0 saturated heterocycles. The summed E-state index contributed by atoms with van der Waals surface area (Å²) in [6.07, 6.45) is 68.5. The van der Waals surface area contributed by atoms with Crippen LogP contribution in [0.3, 0.4) is 0 Å². The summed E-state index contributed by atoms with van der Waals surface area (Å²) in [5, 5.41) is 0. The van der Waals surface area contributed by atoms with Crippen molar-refractivity contribution in [2.45, 2.75) is 258 Å². The Morgan fingerprint density at radius 3 is 1.00 bits per heavy atom. The van der Waals surface area contributed by atoms with E-state index < -0.39 is 6.10 Å². The van der Waals surface area contributed by atoms with E-state index in [-0.39, 0.29) is 31.1 Å². The number of carbonyl (C=O) groups excluding carboxylic acids is 3. The first-order chi connectivity index (χ1) is 32.0. The maximum atomic E-state index is 12.8. The van der Waals surface area contributed by atoms with Crippen LogP contribution in [-0.4, -0.2) is 37.2 Å². The lowest BCUT2D eigenvalue weighted by atomic mass is 10.1. The number of hydrogen-bond acceptors (Lipinski definition) is 6. The van der Waals surface area contributed by atoms with E-state index in [0.29, 0.717) is 19.3 Å². The highest BCUT2D eigenvalue weighted by Crippen LogP contribution is 2.14. The van der Waals surface area contributed by atoms with Gasteiger partial charge in [-0.3, -0.25) is 14.4 Å². The second-order valence-electron chi connectivity index (χ2n) is 17.9. The van der Waals surface area contributed by atoms with Crippen molar-refractivity contribution < 1.29 is 28.6 Å². The number of esters is 3. The molecule has 0 aliphatic rings. The maximum absolute atomic E-state index is 12.8. The normalized spacial score (nSPS) is 12.7. The number of ether oxygens (including phenoxy) is 3. The van der Waals surface area contributed by atoms with E-state index in [0.717, 1.165) is 116 Å². The van der Waals surface area contributed by atoms with Crippen molar-refractivity contribution in [2.24, 2.45) is 0 Å². The third-order valence-electron chi connectivity index (χ3n) is 11.5. The largest absolute Gasteiger partial charge is 0.462 e. The van der Waals surface area contributed by atoms with Gasteiger partial charge in [-0.1, -0.05) is 228 Å². The van der Waals surface area contributed by atoms with E-state index >= 15 is 0 Å². The van der Waals surface area contributed by atoms with Crippen molar-refractivity contribution in [3.8, 4) is 0 Å². The first kappa shape index (κ1) is 61.6.